The van der Waals surface area contributed by atoms with Crippen LogP contribution in [-0.4, -0.2) is 69.7 Å². The molecule has 0 saturated carbocycles. The molecule has 0 spiro atoms. The van der Waals surface area contributed by atoms with Gasteiger partial charge < -0.3 is 36.8 Å². The summed E-state index contributed by atoms with van der Waals surface area (Å²) in [7, 11) is -1.50. The number of carbonyl (C=O) groups is 2. The molecular weight excluding hydrogens is 923 g/mol. The van der Waals surface area contributed by atoms with Crippen molar-refractivity contribution in [2.75, 3.05) is 48.7 Å². The molecule has 0 unspecified atom stereocenters. The van der Waals surface area contributed by atoms with E-state index in [1.54, 1.807) is 6.07 Å². The summed E-state index contributed by atoms with van der Waals surface area (Å²) in [6, 6.07) is 62.7. The lowest BCUT2D eigenvalue weighted by Gasteiger charge is -2.19. The van der Waals surface area contributed by atoms with Crippen LogP contribution in [0.4, 0.5) is 17.8 Å². The Morgan fingerprint density at radius 1 is 0.380 bits per heavy atom. The Morgan fingerprint density at radius 3 is 1.08 bits per heavy atom. The number of hydrogen-bond donors (Lipinski definition) is 7. The number of nitrogens with zero attached hydrogens (tertiary/aromatic N) is 3. The van der Waals surface area contributed by atoms with Crippen molar-refractivity contribution in [2.45, 2.75) is 32.1 Å². The molecule has 8 rings (SSSR count). The predicted octanol–water partition coefficient (Wildman–Crippen LogP) is 7.70. The van der Waals surface area contributed by atoms with Crippen molar-refractivity contribution >= 4 is 77.3 Å². The molecule has 0 fully saturated rings. The molecule has 7 N–H and O–H groups in total. The Morgan fingerprint density at radius 2 is 0.718 bits per heavy atom. The van der Waals surface area contributed by atoms with Crippen LogP contribution in [0.5, 0.6) is 11.5 Å². The molecule has 0 saturated heterocycles. The molecular formula is C57H58N8O4P2. The van der Waals surface area contributed by atoms with Gasteiger partial charge in [0.2, 0.25) is 17.8 Å². The first-order chi connectivity index (χ1) is 34.9. The molecule has 0 aliphatic heterocycles. The molecule has 0 bridgehead atoms. The summed E-state index contributed by atoms with van der Waals surface area (Å²) in [5, 5.41) is 43.1. The van der Waals surface area contributed by atoms with E-state index in [-0.39, 0.29) is 23.3 Å². The number of rotatable bonds is 24. The molecule has 7 aromatic carbocycles. The number of aromatic nitrogens is 3. The van der Waals surface area contributed by atoms with Crippen LogP contribution in [0.1, 0.15) is 52.0 Å². The molecule has 0 atom stereocenters. The van der Waals surface area contributed by atoms with Gasteiger partial charge in [0.15, 0.2) is 11.5 Å². The number of anilines is 3. The van der Waals surface area contributed by atoms with Gasteiger partial charge in [-0.15, -0.1) is 0 Å². The fourth-order valence-electron chi connectivity index (χ4n) is 7.89. The summed E-state index contributed by atoms with van der Waals surface area (Å²) in [5.74, 6) is 0.637. The summed E-state index contributed by atoms with van der Waals surface area (Å²) in [5.41, 5.74) is 2.09. The van der Waals surface area contributed by atoms with Crippen LogP contribution in [-0.2, 0) is 6.42 Å². The summed E-state index contributed by atoms with van der Waals surface area (Å²) in [6.07, 6.45) is 3.57. The molecule has 360 valence electrons. The van der Waals surface area contributed by atoms with Crippen LogP contribution in [0.3, 0.4) is 0 Å². The van der Waals surface area contributed by atoms with Gasteiger partial charge in [0.05, 0.1) is 0 Å². The number of phenolic OH excluding ortho intramolecular Hbond substituents is 2. The number of benzene rings is 7. The van der Waals surface area contributed by atoms with Crippen LogP contribution in [0, 0.1) is 0 Å². The van der Waals surface area contributed by atoms with E-state index in [1.807, 2.05) is 48.5 Å². The van der Waals surface area contributed by atoms with Gasteiger partial charge in [-0.05, 0) is 122 Å². The van der Waals surface area contributed by atoms with E-state index in [2.05, 4.69) is 163 Å². The average molecular weight is 981 g/mol. The van der Waals surface area contributed by atoms with Crippen molar-refractivity contribution < 1.29 is 19.8 Å². The normalized spacial score (nSPS) is 11.0. The molecule has 2 amide bonds. The van der Waals surface area contributed by atoms with Gasteiger partial charge in [0.1, 0.15) is 0 Å². The zero-order valence-corrected chi connectivity index (χ0v) is 41.2. The highest BCUT2D eigenvalue weighted by Gasteiger charge is 2.19. The number of phenols is 2. The fourth-order valence-corrected chi connectivity index (χ4v) is 12.5. The zero-order chi connectivity index (χ0) is 49.0. The standard InChI is InChI=1S/C57H58N8O4P2/c66-51-34-25-42(41-52(51)67)35-40-62-57-64-55(60-38-15-13-36-58-53(68)43-26-30-49(31-27-43)70(45-17-5-1-6-18-45)46-19-7-2-8-20-46)63-56(65-57)61-39-16-14-37-59-54(69)44-28-32-50(33-29-44)71(47-21-9-3-10-22-47)48-23-11-4-12-24-48/h1-12,17-34,41,66-67H,13-16,35-40H2,(H,58,68)(H,59,69)(H3,60,61,62,63,64,65). The second-order valence-corrected chi connectivity index (χ2v) is 21.1. The third-order valence-corrected chi connectivity index (χ3v) is 16.4. The van der Waals surface area contributed by atoms with Gasteiger partial charge in [-0.3, -0.25) is 9.59 Å². The van der Waals surface area contributed by atoms with Crippen LogP contribution in [0.15, 0.2) is 188 Å². The van der Waals surface area contributed by atoms with Gasteiger partial charge in [0, 0.05) is 43.9 Å². The highest BCUT2D eigenvalue weighted by atomic mass is 31.1. The number of unbranched alkanes of at least 4 members (excludes halogenated alkanes) is 2. The number of hydrogen-bond acceptors (Lipinski definition) is 10. The summed E-state index contributed by atoms with van der Waals surface area (Å²) in [6.45, 7) is 2.66. The monoisotopic (exact) mass is 980 g/mol. The Bertz CT molecular complexity index is 2670. The molecule has 0 radical (unpaired) electrons. The third kappa shape index (κ3) is 14.5. The summed E-state index contributed by atoms with van der Waals surface area (Å²) >= 11 is 0. The maximum absolute atomic E-state index is 13.1. The van der Waals surface area contributed by atoms with E-state index in [9.17, 15) is 19.8 Å². The van der Waals surface area contributed by atoms with Crippen LogP contribution >= 0.6 is 15.8 Å². The third-order valence-electron chi connectivity index (χ3n) is 11.5. The Balaban J connectivity index is 0.797. The molecule has 0 aliphatic rings. The Kier molecular flexibility index (Phi) is 18.1. The summed E-state index contributed by atoms with van der Waals surface area (Å²) < 4.78 is 0. The Hall–Kier alpha value is -7.65. The van der Waals surface area contributed by atoms with E-state index in [1.165, 1.54) is 44.0 Å². The van der Waals surface area contributed by atoms with E-state index in [0.717, 1.165) is 31.2 Å². The molecule has 1 heterocycles. The van der Waals surface area contributed by atoms with Gasteiger partial charge in [-0.1, -0.05) is 152 Å². The minimum absolute atomic E-state index is 0.107. The van der Waals surface area contributed by atoms with E-state index in [0.29, 0.717) is 68.1 Å². The van der Waals surface area contributed by atoms with Gasteiger partial charge in [-0.2, -0.15) is 15.0 Å². The number of nitrogens with one attached hydrogen (secondary N) is 5. The maximum Gasteiger partial charge on any atom is 0.251 e. The van der Waals surface area contributed by atoms with Gasteiger partial charge in [0.25, 0.3) is 11.8 Å². The van der Waals surface area contributed by atoms with Gasteiger partial charge in [-0.25, -0.2) is 0 Å². The smallest absolute Gasteiger partial charge is 0.251 e. The first kappa shape index (κ1) is 49.8. The lowest BCUT2D eigenvalue weighted by Crippen LogP contribution is -2.26. The van der Waals surface area contributed by atoms with Crippen molar-refractivity contribution in [3.05, 3.63) is 205 Å². The summed E-state index contributed by atoms with van der Waals surface area (Å²) in [4.78, 5) is 40.1. The highest BCUT2D eigenvalue weighted by molar-refractivity contribution is 7.80. The molecule has 71 heavy (non-hydrogen) atoms. The second kappa shape index (κ2) is 25.8. The number of aromatic hydroxyl groups is 2. The topological polar surface area (TPSA) is 173 Å². The van der Waals surface area contributed by atoms with Crippen LogP contribution in [0.25, 0.3) is 0 Å². The van der Waals surface area contributed by atoms with Crippen molar-refractivity contribution in [1.29, 1.82) is 0 Å². The van der Waals surface area contributed by atoms with Crippen molar-refractivity contribution in [3.8, 4) is 11.5 Å². The fraction of sp³-hybridized carbons (Fsp3) is 0.175. The number of carbonyl (C=O) groups excluding carboxylic acids is 2. The quantitative estimate of drug-likeness (QED) is 0.0181. The first-order valence-corrected chi connectivity index (χ1v) is 26.6. The highest BCUT2D eigenvalue weighted by Crippen LogP contribution is 2.34. The molecule has 1 aromatic heterocycles. The largest absolute Gasteiger partial charge is 0.504 e. The minimum Gasteiger partial charge on any atom is -0.504 e. The van der Waals surface area contributed by atoms with Crippen LogP contribution in [0.2, 0.25) is 0 Å². The van der Waals surface area contributed by atoms with Crippen LogP contribution < -0.4 is 58.4 Å². The molecule has 8 aromatic rings. The SMILES string of the molecule is O=C(NCCCCNc1nc(NCCCCNC(=O)c2ccc(P(c3ccccc3)c3ccccc3)cc2)nc(NCCc2ccc(O)c(O)c2)n1)c1ccc(P(c2ccccc2)c2ccccc2)cc1. The Labute approximate surface area is 418 Å². The zero-order valence-electron chi connectivity index (χ0n) is 39.4. The van der Waals surface area contributed by atoms with Crippen molar-refractivity contribution in [3.63, 3.8) is 0 Å². The molecule has 12 nitrogen and oxygen atoms in total. The lowest BCUT2D eigenvalue weighted by atomic mass is 10.1. The van der Waals surface area contributed by atoms with Crippen molar-refractivity contribution in [1.82, 2.24) is 25.6 Å². The van der Waals surface area contributed by atoms with E-state index >= 15 is 0 Å². The average Bonchev–Trinajstić information content (AvgIpc) is 3.41. The lowest BCUT2D eigenvalue weighted by molar-refractivity contribution is 0.0945. The first-order valence-electron chi connectivity index (χ1n) is 23.9. The van der Waals surface area contributed by atoms with E-state index in [4.69, 9.17) is 0 Å². The second-order valence-electron chi connectivity index (χ2n) is 16.7. The molecule has 14 heteroatoms. The van der Waals surface area contributed by atoms with E-state index < -0.39 is 15.8 Å². The maximum atomic E-state index is 13.1. The molecule has 0 aliphatic carbocycles. The van der Waals surface area contributed by atoms with Crippen molar-refractivity contribution in [2.24, 2.45) is 0 Å². The number of amides is 2. The minimum atomic E-state index is -0.750. The van der Waals surface area contributed by atoms with Gasteiger partial charge >= 0.3 is 0 Å². The predicted molar refractivity (Wildman–Crippen MR) is 292 cm³/mol.